The number of carbonyl (C=O) groups is 4. The Bertz CT molecular complexity index is 1780. The summed E-state index contributed by atoms with van der Waals surface area (Å²) in [5.74, 6) is -2.94. The number of benzene rings is 3. The van der Waals surface area contributed by atoms with Gasteiger partial charge in [0.2, 0.25) is 5.91 Å². The molecule has 16 heteroatoms. The third-order valence-electron chi connectivity index (χ3n) is 8.51. The smallest absolute Gasteiger partial charge is 0.407 e. The van der Waals surface area contributed by atoms with Crippen LogP contribution in [0.1, 0.15) is 87.2 Å². The Morgan fingerprint density at radius 2 is 1.42 bits per heavy atom. The zero-order valence-corrected chi connectivity index (χ0v) is 31.6. The van der Waals surface area contributed by atoms with Gasteiger partial charge >= 0.3 is 17.8 Å². The highest BCUT2D eigenvalue weighted by Gasteiger charge is 2.48. The molecule has 0 unspecified atom stereocenters. The van der Waals surface area contributed by atoms with Gasteiger partial charge in [0, 0.05) is 36.7 Å². The Balaban J connectivity index is 1.61. The lowest BCUT2D eigenvalue weighted by atomic mass is 9.97. The fourth-order valence-electron chi connectivity index (χ4n) is 5.78. The molecule has 1 aliphatic heterocycles. The maximum atomic E-state index is 14.1. The summed E-state index contributed by atoms with van der Waals surface area (Å²) in [4.78, 5) is 62.0. The number of hydrogen-bond acceptors (Lipinski definition) is 11. The standard InChI is InChI=1S/C39H48N4O12/c1-38(2,3)55-37(48)41-22-10-8-11-31(36(47)40-21-9-6-7-12-33(44)45)42-35(46)30-23-27(43(49)50)24-32-34(30)54-39(53-32,25-13-17-28(51-4)18-14-25)26-15-19-29(52-5)20-16-26/h13-20,23-24,31H,6-12,21-22H2,1-5H3,(H,40,47)(H,41,48)(H,42,46)(H,44,45)/t31-/m0/s1. The molecule has 0 saturated carbocycles. The van der Waals surface area contributed by atoms with Gasteiger partial charge < -0.3 is 44.7 Å². The zero-order chi connectivity index (χ0) is 40.2. The number of unbranched alkanes of at least 4 members (excludes halogenated alkanes) is 3. The fourth-order valence-corrected chi connectivity index (χ4v) is 5.78. The molecule has 3 amide bonds. The van der Waals surface area contributed by atoms with E-state index in [4.69, 9.17) is 28.8 Å². The minimum absolute atomic E-state index is 0.0154. The van der Waals surface area contributed by atoms with Crippen molar-refractivity contribution in [2.45, 2.75) is 83.1 Å². The molecule has 0 aliphatic carbocycles. The van der Waals surface area contributed by atoms with Crippen LogP contribution >= 0.6 is 0 Å². The number of carboxylic acids is 1. The van der Waals surface area contributed by atoms with Crippen molar-refractivity contribution in [3.05, 3.63) is 87.5 Å². The summed E-state index contributed by atoms with van der Waals surface area (Å²) in [5, 5.41) is 29.2. The van der Waals surface area contributed by atoms with E-state index in [1.165, 1.54) is 20.3 Å². The van der Waals surface area contributed by atoms with Gasteiger partial charge in [-0.15, -0.1) is 0 Å². The summed E-state index contributed by atoms with van der Waals surface area (Å²) in [6, 6.07) is 14.8. The summed E-state index contributed by atoms with van der Waals surface area (Å²) in [7, 11) is 3.04. The normalized spacial score (nSPS) is 13.3. The second-order valence-corrected chi connectivity index (χ2v) is 13.8. The molecule has 0 fully saturated rings. The van der Waals surface area contributed by atoms with E-state index in [1.54, 1.807) is 69.3 Å². The number of fused-ring (bicyclic) bond motifs is 1. The highest BCUT2D eigenvalue weighted by atomic mass is 16.7. The SMILES string of the molecule is COc1ccc(C2(c3ccc(OC)cc3)Oc3cc([N+](=O)[O-])cc(C(=O)N[C@@H](CCCCNC(=O)OC(C)(C)C)C(=O)NCCCCCC(=O)O)c3O2)cc1. The molecule has 3 aromatic carbocycles. The van der Waals surface area contributed by atoms with Crippen LogP contribution in [-0.4, -0.2) is 72.9 Å². The number of carbonyl (C=O) groups excluding carboxylic acids is 3. The van der Waals surface area contributed by atoms with Crippen LogP contribution in [0, 0.1) is 10.1 Å². The molecule has 0 aromatic heterocycles. The third-order valence-corrected chi connectivity index (χ3v) is 8.51. The average Bonchev–Trinajstić information content (AvgIpc) is 3.55. The summed E-state index contributed by atoms with van der Waals surface area (Å²) < 4.78 is 28.9. The molecule has 4 rings (SSSR count). The van der Waals surface area contributed by atoms with Crippen molar-refractivity contribution in [2.24, 2.45) is 0 Å². The maximum Gasteiger partial charge on any atom is 0.407 e. The molecule has 0 radical (unpaired) electrons. The van der Waals surface area contributed by atoms with Gasteiger partial charge in [0.1, 0.15) is 23.1 Å². The molecule has 1 heterocycles. The second-order valence-electron chi connectivity index (χ2n) is 13.8. The lowest BCUT2D eigenvalue weighted by Gasteiger charge is -2.29. The van der Waals surface area contributed by atoms with Gasteiger partial charge in [0.25, 0.3) is 11.6 Å². The number of alkyl carbamates (subject to hydrolysis) is 1. The van der Waals surface area contributed by atoms with Crippen molar-refractivity contribution in [3.63, 3.8) is 0 Å². The predicted molar refractivity (Wildman–Crippen MR) is 200 cm³/mol. The van der Waals surface area contributed by atoms with Crippen LogP contribution in [0.2, 0.25) is 0 Å². The number of nitrogens with one attached hydrogen (secondary N) is 3. The number of rotatable bonds is 19. The van der Waals surface area contributed by atoms with Crippen molar-refractivity contribution >= 4 is 29.6 Å². The van der Waals surface area contributed by atoms with Crippen LogP contribution in [0.3, 0.4) is 0 Å². The number of carboxylic acid groups (broad SMARTS) is 1. The topological polar surface area (TPSA) is 214 Å². The summed E-state index contributed by atoms with van der Waals surface area (Å²) in [6.45, 7) is 5.73. The number of hydrogen-bond donors (Lipinski definition) is 4. The molecule has 0 spiro atoms. The number of nitro groups is 1. The van der Waals surface area contributed by atoms with E-state index in [2.05, 4.69) is 16.0 Å². The van der Waals surface area contributed by atoms with Crippen LogP contribution in [0.4, 0.5) is 10.5 Å². The van der Waals surface area contributed by atoms with Gasteiger partial charge in [-0.05, 0) is 101 Å². The van der Waals surface area contributed by atoms with Crippen LogP contribution in [0.25, 0.3) is 0 Å². The quantitative estimate of drug-likeness (QED) is 0.0644. The molecule has 4 N–H and O–H groups in total. The summed E-state index contributed by atoms with van der Waals surface area (Å²) in [6.07, 6.45) is 1.97. The van der Waals surface area contributed by atoms with Crippen molar-refractivity contribution < 1.29 is 52.9 Å². The number of nitro benzene ring substituents is 1. The Morgan fingerprint density at radius 3 is 1.96 bits per heavy atom. The maximum absolute atomic E-state index is 14.1. The third kappa shape index (κ3) is 11.5. The van der Waals surface area contributed by atoms with Crippen LogP contribution in [0.15, 0.2) is 60.7 Å². The van der Waals surface area contributed by atoms with Gasteiger partial charge in [0.15, 0.2) is 11.5 Å². The number of ether oxygens (including phenoxy) is 5. The first-order chi connectivity index (χ1) is 26.2. The first-order valence-electron chi connectivity index (χ1n) is 17.9. The van der Waals surface area contributed by atoms with E-state index in [0.29, 0.717) is 54.7 Å². The van der Waals surface area contributed by atoms with Crippen molar-refractivity contribution in [2.75, 3.05) is 27.3 Å². The Morgan fingerprint density at radius 1 is 0.836 bits per heavy atom. The average molecular weight is 765 g/mol. The van der Waals surface area contributed by atoms with Crippen LogP contribution in [0.5, 0.6) is 23.0 Å². The first-order valence-corrected chi connectivity index (χ1v) is 17.9. The van der Waals surface area contributed by atoms with E-state index in [9.17, 15) is 29.3 Å². The molecule has 0 saturated heterocycles. The van der Waals surface area contributed by atoms with Gasteiger partial charge in [-0.3, -0.25) is 24.5 Å². The molecule has 0 bridgehead atoms. The van der Waals surface area contributed by atoms with Crippen LogP contribution < -0.4 is 34.9 Å². The predicted octanol–water partition coefficient (Wildman–Crippen LogP) is 5.84. The van der Waals surface area contributed by atoms with E-state index >= 15 is 0 Å². The Kier molecular flexibility index (Phi) is 14.3. The Hall–Kier alpha value is -6.06. The molecular formula is C39H48N4O12. The summed E-state index contributed by atoms with van der Waals surface area (Å²) >= 11 is 0. The van der Waals surface area contributed by atoms with E-state index in [0.717, 1.165) is 6.07 Å². The molecule has 1 aliphatic rings. The second kappa shape index (κ2) is 18.8. The van der Waals surface area contributed by atoms with Crippen molar-refractivity contribution in [1.82, 2.24) is 16.0 Å². The minimum atomic E-state index is -1.69. The summed E-state index contributed by atoms with van der Waals surface area (Å²) in [5.41, 5.74) is -0.363. The fraction of sp³-hybridized carbons (Fsp3) is 0.436. The van der Waals surface area contributed by atoms with Crippen LogP contribution in [-0.2, 0) is 20.1 Å². The number of amides is 3. The molecule has 1 atom stereocenters. The molecule has 16 nitrogen and oxygen atoms in total. The number of aliphatic carboxylic acids is 1. The van der Waals surface area contributed by atoms with Crippen molar-refractivity contribution in [1.29, 1.82) is 0 Å². The largest absolute Gasteiger partial charge is 0.497 e. The zero-order valence-electron chi connectivity index (χ0n) is 31.6. The molecule has 296 valence electrons. The Labute approximate surface area is 319 Å². The minimum Gasteiger partial charge on any atom is -0.497 e. The van der Waals surface area contributed by atoms with E-state index in [1.807, 2.05) is 0 Å². The molecule has 3 aromatic rings. The molecular weight excluding hydrogens is 716 g/mol. The lowest BCUT2D eigenvalue weighted by Crippen LogP contribution is -2.47. The highest BCUT2D eigenvalue weighted by Crippen LogP contribution is 2.51. The van der Waals surface area contributed by atoms with Gasteiger partial charge in [-0.1, -0.05) is 6.42 Å². The van der Waals surface area contributed by atoms with Gasteiger partial charge in [-0.2, -0.15) is 0 Å². The first kappa shape index (κ1) is 41.7. The van der Waals surface area contributed by atoms with Gasteiger partial charge in [0.05, 0.1) is 30.8 Å². The monoisotopic (exact) mass is 764 g/mol. The molecule has 55 heavy (non-hydrogen) atoms. The number of non-ortho nitro benzene ring substituents is 1. The van der Waals surface area contributed by atoms with E-state index < -0.39 is 51.9 Å². The number of methoxy groups -OCH3 is 2. The van der Waals surface area contributed by atoms with Crippen molar-refractivity contribution in [3.8, 4) is 23.0 Å². The number of nitrogens with zero attached hydrogens (tertiary/aromatic N) is 1. The highest BCUT2D eigenvalue weighted by molar-refractivity contribution is 6.01. The van der Waals surface area contributed by atoms with E-state index in [-0.39, 0.29) is 43.0 Å². The van der Waals surface area contributed by atoms with Gasteiger partial charge in [-0.25, -0.2) is 4.79 Å². The lowest BCUT2D eigenvalue weighted by molar-refractivity contribution is -0.385.